The van der Waals surface area contributed by atoms with Gasteiger partial charge >= 0.3 is 0 Å². The second-order valence-electron chi connectivity index (χ2n) is 3.77. The van der Waals surface area contributed by atoms with Crippen LogP contribution in [0.1, 0.15) is 10.4 Å². The van der Waals surface area contributed by atoms with Crippen molar-refractivity contribution in [3.05, 3.63) is 64.7 Å². The largest absolute Gasteiger partial charge is 0.293 e. The SMILES string of the molecule is O=C(CSc1ccccc1Cl)c1cc(F)ccc1F. The Hall–Kier alpha value is -1.39. The molecule has 98 valence electrons. The number of carbonyl (C=O) groups excluding carboxylic acids is 1. The van der Waals surface area contributed by atoms with Gasteiger partial charge in [0, 0.05) is 4.90 Å². The lowest BCUT2D eigenvalue weighted by Crippen LogP contribution is -2.06. The lowest BCUT2D eigenvalue weighted by molar-refractivity contribution is 0.101. The van der Waals surface area contributed by atoms with Gasteiger partial charge in [-0.15, -0.1) is 11.8 Å². The van der Waals surface area contributed by atoms with E-state index in [-0.39, 0.29) is 11.3 Å². The minimum absolute atomic E-state index is 0.00407. The Balaban J connectivity index is 2.10. The summed E-state index contributed by atoms with van der Waals surface area (Å²) in [4.78, 5) is 12.6. The number of hydrogen-bond acceptors (Lipinski definition) is 2. The van der Waals surface area contributed by atoms with Crippen LogP contribution in [-0.2, 0) is 0 Å². The van der Waals surface area contributed by atoms with Gasteiger partial charge in [-0.1, -0.05) is 23.7 Å². The van der Waals surface area contributed by atoms with Crippen molar-refractivity contribution in [3.8, 4) is 0 Å². The van der Waals surface area contributed by atoms with E-state index in [2.05, 4.69) is 0 Å². The molecule has 2 aromatic carbocycles. The molecule has 0 fully saturated rings. The maximum atomic E-state index is 13.4. The van der Waals surface area contributed by atoms with E-state index in [1.54, 1.807) is 24.3 Å². The lowest BCUT2D eigenvalue weighted by Gasteiger charge is -2.04. The van der Waals surface area contributed by atoms with Crippen LogP contribution in [0.3, 0.4) is 0 Å². The fourth-order valence-corrected chi connectivity index (χ4v) is 2.62. The number of carbonyl (C=O) groups is 1. The van der Waals surface area contributed by atoms with Gasteiger partial charge in [0.2, 0.25) is 0 Å². The summed E-state index contributed by atoms with van der Waals surface area (Å²) in [6.45, 7) is 0. The number of thioether (sulfide) groups is 1. The zero-order valence-corrected chi connectivity index (χ0v) is 11.3. The van der Waals surface area contributed by atoms with Gasteiger partial charge in [0.1, 0.15) is 11.6 Å². The average molecular weight is 299 g/mol. The van der Waals surface area contributed by atoms with Crippen LogP contribution in [0.15, 0.2) is 47.4 Å². The number of ketones is 1. The van der Waals surface area contributed by atoms with Gasteiger partial charge in [-0.25, -0.2) is 8.78 Å². The third-order valence-electron chi connectivity index (χ3n) is 2.42. The molecule has 0 heterocycles. The summed E-state index contributed by atoms with van der Waals surface area (Å²) in [5, 5.41) is 0.528. The van der Waals surface area contributed by atoms with E-state index < -0.39 is 17.4 Å². The summed E-state index contributed by atoms with van der Waals surface area (Å²) in [5.74, 6) is -1.81. The predicted octanol–water partition coefficient (Wildman–Crippen LogP) is 4.59. The zero-order chi connectivity index (χ0) is 13.8. The first-order valence-corrected chi connectivity index (χ1v) is 6.80. The Labute approximate surface area is 118 Å². The number of benzene rings is 2. The van der Waals surface area contributed by atoms with Crippen LogP contribution in [0.25, 0.3) is 0 Å². The molecule has 0 aliphatic rings. The van der Waals surface area contributed by atoms with E-state index in [0.29, 0.717) is 5.02 Å². The van der Waals surface area contributed by atoms with Crippen molar-refractivity contribution >= 4 is 29.1 Å². The van der Waals surface area contributed by atoms with Crippen molar-refractivity contribution in [1.29, 1.82) is 0 Å². The maximum Gasteiger partial charge on any atom is 0.176 e. The van der Waals surface area contributed by atoms with Crippen molar-refractivity contribution < 1.29 is 13.6 Å². The normalized spacial score (nSPS) is 10.5. The molecule has 2 rings (SSSR count). The van der Waals surface area contributed by atoms with Crippen LogP contribution in [0, 0.1) is 11.6 Å². The molecule has 0 saturated carbocycles. The molecule has 2 aromatic rings. The van der Waals surface area contributed by atoms with Gasteiger partial charge in [-0.3, -0.25) is 4.79 Å². The fourth-order valence-electron chi connectivity index (χ4n) is 1.49. The highest BCUT2D eigenvalue weighted by molar-refractivity contribution is 8.00. The monoisotopic (exact) mass is 298 g/mol. The van der Waals surface area contributed by atoms with Crippen molar-refractivity contribution in [2.24, 2.45) is 0 Å². The molecule has 0 atom stereocenters. The Morgan fingerprint density at radius 3 is 2.63 bits per heavy atom. The van der Waals surface area contributed by atoms with Crippen LogP contribution in [-0.4, -0.2) is 11.5 Å². The van der Waals surface area contributed by atoms with Crippen molar-refractivity contribution in [2.45, 2.75) is 4.90 Å². The Kier molecular flexibility index (Phi) is 4.56. The van der Waals surface area contributed by atoms with Crippen molar-refractivity contribution in [3.63, 3.8) is 0 Å². The topological polar surface area (TPSA) is 17.1 Å². The molecular weight excluding hydrogens is 290 g/mol. The van der Waals surface area contributed by atoms with Gasteiger partial charge < -0.3 is 0 Å². The number of rotatable bonds is 4. The van der Waals surface area contributed by atoms with Crippen molar-refractivity contribution in [2.75, 3.05) is 5.75 Å². The molecule has 0 saturated heterocycles. The smallest absolute Gasteiger partial charge is 0.176 e. The third-order valence-corrected chi connectivity index (χ3v) is 3.94. The highest BCUT2D eigenvalue weighted by Crippen LogP contribution is 2.27. The van der Waals surface area contributed by atoms with Crippen LogP contribution < -0.4 is 0 Å². The standard InChI is InChI=1S/C14H9ClF2OS/c15-11-3-1-2-4-14(11)19-8-13(18)10-7-9(16)5-6-12(10)17/h1-7H,8H2. The molecule has 0 radical (unpaired) electrons. The van der Waals surface area contributed by atoms with Crippen LogP contribution in [0.2, 0.25) is 5.02 Å². The van der Waals surface area contributed by atoms with E-state index in [1.807, 2.05) is 0 Å². The summed E-state index contributed by atoms with van der Waals surface area (Å²) >= 11 is 7.14. The predicted molar refractivity (Wildman–Crippen MR) is 72.9 cm³/mol. The van der Waals surface area contributed by atoms with E-state index in [9.17, 15) is 13.6 Å². The first-order chi connectivity index (χ1) is 9.08. The summed E-state index contributed by atoms with van der Waals surface area (Å²) in [7, 11) is 0. The molecular formula is C14H9ClF2OS. The van der Waals surface area contributed by atoms with Crippen LogP contribution in [0.5, 0.6) is 0 Å². The fraction of sp³-hybridized carbons (Fsp3) is 0.0714. The third kappa shape index (κ3) is 3.55. The Bertz CT molecular complexity index is 616. The van der Waals surface area contributed by atoms with Crippen LogP contribution in [0.4, 0.5) is 8.78 Å². The average Bonchev–Trinajstić information content (AvgIpc) is 2.40. The second kappa shape index (κ2) is 6.17. The molecule has 19 heavy (non-hydrogen) atoms. The maximum absolute atomic E-state index is 13.4. The van der Waals surface area contributed by atoms with Crippen LogP contribution >= 0.6 is 23.4 Å². The molecule has 0 unspecified atom stereocenters. The molecule has 0 aliphatic carbocycles. The molecule has 5 heteroatoms. The molecule has 0 aliphatic heterocycles. The first-order valence-electron chi connectivity index (χ1n) is 5.43. The van der Waals surface area contributed by atoms with Gasteiger partial charge in [0.25, 0.3) is 0 Å². The number of halogens is 3. The Morgan fingerprint density at radius 1 is 1.16 bits per heavy atom. The van der Waals surface area contributed by atoms with Gasteiger partial charge in [-0.05, 0) is 30.3 Å². The molecule has 0 amide bonds. The highest BCUT2D eigenvalue weighted by Gasteiger charge is 2.13. The summed E-state index contributed by atoms with van der Waals surface area (Å²) in [6, 6.07) is 9.88. The molecule has 0 spiro atoms. The molecule has 0 aromatic heterocycles. The van der Waals surface area contributed by atoms with E-state index in [0.717, 1.165) is 23.1 Å². The minimum Gasteiger partial charge on any atom is -0.293 e. The van der Waals surface area contributed by atoms with Gasteiger partial charge in [0.15, 0.2) is 5.78 Å². The Morgan fingerprint density at radius 2 is 1.89 bits per heavy atom. The van der Waals surface area contributed by atoms with E-state index in [4.69, 9.17) is 11.6 Å². The van der Waals surface area contributed by atoms with E-state index in [1.165, 1.54) is 11.8 Å². The van der Waals surface area contributed by atoms with E-state index >= 15 is 0 Å². The summed E-state index contributed by atoms with van der Waals surface area (Å²) in [5.41, 5.74) is -0.237. The highest BCUT2D eigenvalue weighted by atomic mass is 35.5. The first kappa shape index (κ1) is 14.0. The second-order valence-corrected chi connectivity index (χ2v) is 5.19. The molecule has 1 nitrogen and oxygen atoms in total. The summed E-state index contributed by atoms with van der Waals surface area (Å²) in [6.07, 6.45) is 0. The zero-order valence-electron chi connectivity index (χ0n) is 9.70. The molecule has 0 bridgehead atoms. The number of Topliss-reactive ketones (excluding diaryl/α,β-unsaturated/α-hetero) is 1. The minimum atomic E-state index is -0.717. The quantitative estimate of drug-likeness (QED) is 0.606. The van der Waals surface area contributed by atoms with Gasteiger partial charge in [0.05, 0.1) is 16.3 Å². The van der Waals surface area contributed by atoms with Gasteiger partial charge in [-0.2, -0.15) is 0 Å². The number of hydrogen-bond donors (Lipinski definition) is 0. The lowest BCUT2D eigenvalue weighted by atomic mass is 10.1. The summed E-state index contributed by atoms with van der Waals surface area (Å²) < 4.78 is 26.4. The molecule has 0 N–H and O–H groups in total. The van der Waals surface area contributed by atoms with Crippen molar-refractivity contribution in [1.82, 2.24) is 0 Å².